The fraction of sp³-hybridized carbons (Fsp3) is 0.130. The zero-order valence-electron chi connectivity index (χ0n) is 14.8. The van der Waals surface area contributed by atoms with Gasteiger partial charge in [-0.15, -0.1) is 0 Å². The second kappa shape index (κ2) is 6.70. The Bertz CT molecular complexity index is 1100. The monoisotopic (exact) mass is 344 g/mol. The fourth-order valence-corrected chi connectivity index (χ4v) is 3.67. The smallest absolute Gasteiger partial charge is 0.134 e. The summed E-state index contributed by atoms with van der Waals surface area (Å²) in [6.45, 7) is -0.0803. The minimum absolute atomic E-state index is 0.0803. The van der Waals surface area contributed by atoms with E-state index >= 15 is 0 Å². The number of fused-ring (bicyclic) bond motifs is 2. The first kappa shape index (κ1) is 16.4. The molecule has 0 bridgehead atoms. The standard InChI is InChI=1S/C23H20O3/c1-25-21-13-16-8-4-5-9-17(16)20(14-24)22(21)19-12-11-15-7-3-6-10-18(15)23(19)26-2/h3-13,24H,14H2,1-2H3. The summed E-state index contributed by atoms with van der Waals surface area (Å²) in [6, 6.07) is 22.3. The van der Waals surface area contributed by atoms with Gasteiger partial charge in [-0.1, -0.05) is 54.6 Å². The van der Waals surface area contributed by atoms with Crippen LogP contribution in [-0.2, 0) is 6.61 Å². The van der Waals surface area contributed by atoms with Crippen molar-refractivity contribution >= 4 is 21.5 Å². The van der Waals surface area contributed by atoms with Gasteiger partial charge in [0.25, 0.3) is 0 Å². The van der Waals surface area contributed by atoms with Gasteiger partial charge in [-0.3, -0.25) is 0 Å². The van der Waals surface area contributed by atoms with E-state index in [0.717, 1.165) is 49.7 Å². The summed E-state index contributed by atoms with van der Waals surface area (Å²) in [5.74, 6) is 1.51. The van der Waals surface area contributed by atoms with Crippen LogP contribution in [0, 0.1) is 0 Å². The van der Waals surface area contributed by atoms with E-state index in [-0.39, 0.29) is 6.61 Å². The number of benzene rings is 4. The highest BCUT2D eigenvalue weighted by Crippen LogP contribution is 2.45. The largest absolute Gasteiger partial charge is 0.496 e. The topological polar surface area (TPSA) is 38.7 Å². The number of aliphatic hydroxyl groups excluding tert-OH is 1. The molecule has 0 fully saturated rings. The number of methoxy groups -OCH3 is 2. The average molecular weight is 344 g/mol. The maximum atomic E-state index is 10.2. The normalized spacial score (nSPS) is 11.0. The molecule has 3 nitrogen and oxygen atoms in total. The lowest BCUT2D eigenvalue weighted by Crippen LogP contribution is -1.99. The fourth-order valence-electron chi connectivity index (χ4n) is 3.67. The van der Waals surface area contributed by atoms with Gasteiger partial charge in [-0.2, -0.15) is 0 Å². The van der Waals surface area contributed by atoms with Gasteiger partial charge >= 0.3 is 0 Å². The van der Waals surface area contributed by atoms with Crippen LogP contribution in [0.2, 0.25) is 0 Å². The first-order valence-electron chi connectivity index (χ1n) is 8.54. The lowest BCUT2D eigenvalue weighted by atomic mass is 9.91. The van der Waals surface area contributed by atoms with Crippen LogP contribution >= 0.6 is 0 Å². The van der Waals surface area contributed by atoms with Gasteiger partial charge in [0.1, 0.15) is 11.5 Å². The molecule has 0 aliphatic rings. The van der Waals surface area contributed by atoms with E-state index in [1.165, 1.54) is 0 Å². The Balaban J connectivity index is 2.13. The van der Waals surface area contributed by atoms with Crippen LogP contribution in [0.25, 0.3) is 32.7 Å². The molecule has 0 aromatic heterocycles. The molecule has 0 saturated carbocycles. The Morgan fingerprint density at radius 2 is 1.46 bits per heavy atom. The predicted molar refractivity (Wildman–Crippen MR) is 106 cm³/mol. The third-order valence-corrected chi connectivity index (χ3v) is 4.85. The summed E-state index contributed by atoms with van der Waals surface area (Å²) in [5, 5.41) is 14.4. The molecule has 4 aromatic carbocycles. The van der Waals surface area contributed by atoms with Crippen LogP contribution in [0.3, 0.4) is 0 Å². The Kier molecular flexibility index (Phi) is 4.23. The van der Waals surface area contributed by atoms with Crippen molar-refractivity contribution in [2.45, 2.75) is 6.61 Å². The minimum atomic E-state index is -0.0803. The predicted octanol–water partition coefficient (Wildman–Crippen LogP) is 5.17. The lowest BCUT2D eigenvalue weighted by molar-refractivity contribution is 0.283. The molecular formula is C23H20O3. The molecule has 0 radical (unpaired) electrons. The van der Waals surface area contributed by atoms with Gasteiger partial charge in [-0.05, 0) is 33.9 Å². The summed E-state index contributed by atoms with van der Waals surface area (Å²) in [5.41, 5.74) is 2.63. The zero-order valence-corrected chi connectivity index (χ0v) is 14.8. The van der Waals surface area contributed by atoms with Crippen molar-refractivity contribution in [1.82, 2.24) is 0 Å². The highest BCUT2D eigenvalue weighted by molar-refractivity contribution is 6.01. The summed E-state index contributed by atoms with van der Waals surface area (Å²) in [4.78, 5) is 0. The van der Waals surface area contributed by atoms with Gasteiger partial charge in [0.15, 0.2) is 0 Å². The van der Waals surface area contributed by atoms with E-state index in [2.05, 4.69) is 12.1 Å². The van der Waals surface area contributed by atoms with E-state index in [1.54, 1.807) is 14.2 Å². The summed E-state index contributed by atoms with van der Waals surface area (Å²) in [7, 11) is 3.33. The van der Waals surface area contributed by atoms with Crippen LogP contribution in [0.15, 0.2) is 66.7 Å². The van der Waals surface area contributed by atoms with Gasteiger partial charge in [-0.25, -0.2) is 0 Å². The van der Waals surface area contributed by atoms with Crippen LogP contribution in [0.4, 0.5) is 0 Å². The van der Waals surface area contributed by atoms with Gasteiger partial charge in [0.2, 0.25) is 0 Å². The molecule has 130 valence electrons. The van der Waals surface area contributed by atoms with Crippen molar-refractivity contribution in [3.8, 4) is 22.6 Å². The van der Waals surface area contributed by atoms with Crippen molar-refractivity contribution in [3.63, 3.8) is 0 Å². The Hall–Kier alpha value is -3.04. The quantitative estimate of drug-likeness (QED) is 0.555. The molecule has 0 spiro atoms. The molecule has 3 heteroatoms. The second-order valence-corrected chi connectivity index (χ2v) is 6.18. The average Bonchev–Trinajstić information content (AvgIpc) is 2.71. The van der Waals surface area contributed by atoms with Crippen molar-refractivity contribution < 1.29 is 14.6 Å². The molecule has 0 unspecified atom stereocenters. The number of hydrogen-bond acceptors (Lipinski definition) is 3. The van der Waals surface area contributed by atoms with Crippen molar-refractivity contribution in [2.24, 2.45) is 0 Å². The molecule has 0 heterocycles. The number of ether oxygens (including phenoxy) is 2. The number of aliphatic hydroxyl groups is 1. The van der Waals surface area contributed by atoms with Crippen molar-refractivity contribution in [1.29, 1.82) is 0 Å². The zero-order chi connectivity index (χ0) is 18.1. The molecule has 0 aliphatic heterocycles. The molecule has 0 amide bonds. The third kappa shape index (κ3) is 2.49. The molecule has 1 N–H and O–H groups in total. The first-order chi connectivity index (χ1) is 12.8. The van der Waals surface area contributed by atoms with Gasteiger partial charge < -0.3 is 14.6 Å². The summed E-state index contributed by atoms with van der Waals surface area (Å²) in [6.07, 6.45) is 0. The van der Waals surface area contributed by atoms with Crippen LogP contribution in [0.5, 0.6) is 11.5 Å². The van der Waals surface area contributed by atoms with Crippen molar-refractivity contribution in [2.75, 3.05) is 14.2 Å². The maximum absolute atomic E-state index is 10.2. The molecule has 0 saturated heterocycles. The number of hydrogen-bond donors (Lipinski definition) is 1. The van der Waals surface area contributed by atoms with E-state index in [1.807, 2.05) is 54.6 Å². The first-order valence-corrected chi connectivity index (χ1v) is 8.54. The van der Waals surface area contributed by atoms with Gasteiger partial charge in [0.05, 0.1) is 20.8 Å². The van der Waals surface area contributed by atoms with Crippen LogP contribution in [0.1, 0.15) is 5.56 Å². The Morgan fingerprint density at radius 1 is 0.769 bits per heavy atom. The molecule has 4 rings (SSSR count). The summed E-state index contributed by atoms with van der Waals surface area (Å²) >= 11 is 0. The third-order valence-electron chi connectivity index (χ3n) is 4.85. The highest BCUT2D eigenvalue weighted by Gasteiger charge is 2.20. The SMILES string of the molecule is COc1cc2ccccc2c(CO)c1-c1ccc2ccccc2c1OC. The molecule has 4 aromatic rings. The molecule has 0 aliphatic carbocycles. The minimum Gasteiger partial charge on any atom is -0.496 e. The molecule has 0 atom stereocenters. The van der Waals surface area contributed by atoms with Gasteiger partial charge in [0, 0.05) is 16.5 Å². The van der Waals surface area contributed by atoms with E-state index < -0.39 is 0 Å². The second-order valence-electron chi connectivity index (χ2n) is 6.18. The van der Waals surface area contributed by atoms with E-state index in [9.17, 15) is 5.11 Å². The Labute approximate surface area is 152 Å². The van der Waals surface area contributed by atoms with Crippen LogP contribution in [-0.4, -0.2) is 19.3 Å². The van der Waals surface area contributed by atoms with E-state index in [0.29, 0.717) is 0 Å². The summed E-state index contributed by atoms with van der Waals surface area (Å²) < 4.78 is 11.5. The van der Waals surface area contributed by atoms with E-state index in [4.69, 9.17) is 9.47 Å². The van der Waals surface area contributed by atoms with Crippen molar-refractivity contribution in [3.05, 3.63) is 72.3 Å². The molecular weight excluding hydrogens is 324 g/mol. The Morgan fingerprint density at radius 3 is 2.15 bits per heavy atom. The molecule has 26 heavy (non-hydrogen) atoms. The highest BCUT2D eigenvalue weighted by atomic mass is 16.5. The maximum Gasteiger partial charge on any atom is 0.134 e. The van der Waals surface area contributed by atoms with Crippen LogP contribution < -0.4 is 9.47 Å². The number of rotatable bonds is 4. The lowest BCUT2D eigenvalue weighted by Gasteiger charge is -2.19.